The second-order valence-corrected chi connectivity index (χ2v) is 10.5. The highest BCUT2D eigenvalue weighted by Crippen LogP contribution is 2.47. The first-order valence-electron chi connectivity index (χ1n) is 11.1. The standard InChI is InChI=1S/C26H25BrN2O2S/c1-16-12-13-21(20(27)15-16)28-25(30)23-18-9-4-5-10-19(18)26(31)29(17-7-2-3-8-17)24(23)22-11-6-14-32-22/h4-6,9-15,17,23-24H,2-3,7-8H2,1H3,(H,28,30)/t23-,24-/m1/s1. The van der Waals surface area contributed by atoms with E-state index in [1.165, 1.54) is 0 Å². The maximum atomic E-state index is 13.9. The van der Waals surface area contributed by atoms with Crippen molar-refractivity contribution >= 4 is 44.8 Å². The second-order valence-electron chi connectivity index (χ2n) is 8.65. The number of benzene rings is 2. The van der Waals surface area contributed by atoms with Crippen LogP contribution in [0.3, 0.4) is 0 Å². The van der Waals surface area contributed by atoms with Crippen LogP contribution in [0.25, 0.3) is 0 Å². The van der Waals surface area contributed by atoms with Crippen molar-refractivity contribution in [3.63, 3.8) is 0 Å². The Morgan fingerprint density at radius 2 is 1.88 bits per heavy atom. The van der Waals surface area contributed by atoms with Crippen LogP contribution in [0.4, 0.5) is 5.69 Å². The molecule has 0 spiro atoms. The van der Waals surface area contributed by atoms with Crippen molar-refractivity contribution < 1.29 is 9.59 Å². The molecule has 2 amide bonds. The number of nitrogens with one attached hydrogen (secondary N) is 1. The molecule has 1 saturated carbocycles. The monoisotopic (exact) mass is 508 g/mol. The lowest BCUT2D eigenvalue weighted by Crippen LogP contribution is -2.49. The van der Waals surface area contributed by atoms with Crippen LogP contribution < -0.4 is 5.32 Å². The summed E-state index contributed by atoms with van der Waals surface area (Å²) in [5.41, 5.74) is 3.32. The molecule has 1 aliphatic heterocycles. The van der Waals surface area contributed by atoms with Gasteiger partial charge in [0.05, 0.1) is 17.6 Å². The molecule has 5 rings (SSSR count). The molecule has 1 fully saturated rings. The highest BCUT2D eigenvalue weighted by atomic mass is 79.9. The number of hydrogen-bond acceptors (Lipinski definition) is 3. The molecule has 2 aliphatic rings. The summed E-state index contributed by atoms with van der Waals surface area (Å²) in [4.78, 5) is 30.7. The van der Waals surface area contributed by atoms with Crippen LogP contribution in [0, 0.1) is 6.92 Å². The average Bonchev–Trinajstić information content (AvgIpc) is 3.50. The molecule has 0 bridgehead atoms. The summed E-state index contributed by atoms with van der Waals surface area (Å²) in [6.45, 7) is 2.02. The van der Waals surface area contributed by atoms with Crippen LogP contribution in [0.5, 0.6) is 0 Å². The summed E-state index contributed by atoms with van der Waals surface area (Å²) in [5.74, 6) is -0.515. The normalized spacial score (nSPS) is 20.9. The predicted molar refractivity (Wildman–Crippen MR) is 132 cm³/mol. The second kappa shape index (κ2) is 8.83. The highest BCUT2D eigenvalue weighted by Gasteiger charge is 2.47. The molecule has 164 valence electrons. The van der Waals surface area contributed by atoms with Crippen LogP contribution >= 0.6 is 27.3 Å². The van der Waals surface area contributed by atoms with E-state index in [1.54, 1.807) is 11.3 Å². The lowest BCUT2D eigenvalue weighted by molar-refractivity contribution is -0.119. The van der Waals surface area contributed by atoms with E-state index in [1.807, 2.05) is 65.7 Å². The number of anilines is 1. The Kier molecular flexibility index (Phi) is 5.91. The Hall–Kier alpha value is -2.44. The summed E-state index contributed by atoms with van der Waals surface area (Å²) in [6.07, 6.45) is 4.24. The molecule has 6 heteroatoms. The zero-order valence-electron chi connectivity index (χ0n) is 17.9. The molecular formula is C26H25BrN2O2S. The van der Waals surface area contributed by atoms with Gasteiger partial charge in [-0.15, -0.1) is 11.3 Å². The third-order valence-corrected chi connectivity index (χ3v) is 8.19. The van der Waals surface area contributed by atoms with Crippen LogP contribution in [-0.2, 0) is 4.79 Å². The number of nitrogens with zero attached hydrogens (tertiary/aromatic N) is 1. The van der Waals surface area contributed by atoms with Gasteiger partial charge in [0.1, 0.15) is 0 Å². The smallest absolute Gasteiger partial charge is 0.254 e. The molecule has 2 aromatic carbocycles. The topological polar surface area (TPSA) is 49.4 Å². The minimum atomic E-state index is -0.476. The first kappa shape index (κ1) is 21.4. The highest BCUT2D eigenvalue weighted by molar-refractivity contribution is 9.10. The van der Waals surface area contributed by atoms with Crippen molar-refractivity contribution in [2.45, 2.75) is 50.6 Å². The summed E-state index contributed by atoms with van der Waals surface area (Å²) < 4.78 is 0.853. The van der Waals surface area contributed by atoms with Gasteiger partial charge in [-0.1, -0.05) is 43.2 Å². The van der Waals surface area contributed by atoms with E-state index >= 15 is 0 Å². The van der Waals surface area contributed by atoms with Crippen LogP contribution in [0.15, 0.2) is 64.5 Å². The van der Waals surface area contributed by atoms with E-state index in [4.69, 9.17) is 0 Å². The first-order chi connectivity index (χ1) is 15.5. The SMILES string of the molecule is Cc1ccc(NC(=O)[C@@H]2c3ccccc3C(=O)N(C3CCCC3)[C@@H]2c2cccs2)c(Br)c1. The van der Waals surface area contributed by atoms with Gasteiger partial charge >= 0.3 is 0 Å². The maximum absolute atomic E-state index is 13.9. The van der Waals surface area contributed by atoms with Crippen LogP contribution in [0.2, 0.25) is 0 Å². The molecule has 1 N–H and O–H groups in total. The third kappa shape index (κ3) is 3.80. The number of amides is 2. The van der Waals surface area contributed by atoms with Gasteiger partial charge in [-0.25, -0.2) is 0 Å². The minimum Gasteiger partial charge on any atom is -0.327 e. The van der Waals surface area contributed by atoms with E-state index in [0.29, 0.717) is 5.56 Å². The lowest BCUT2D eigenvalue weighted by Gasteiger charge is -2.44. The van der Waals surface area contributed by atoms with Crippen molar-refractivity contribution in [3.05, 3.63) is 86.0 Å². The van der Waals surface area contributed by atoms with E-state index in [0.717, 1.165) is 51.8 Å². The molecule has 0 unspecified atom stereocenters. The van der Waals surface area contributed by atoms with Crippen molar-refractivity contribution in [3.8, 4) is 0 Å². The summed E-state index contributed by atoms with van der Waals surface area (Å²) in [5, 5.41) is 5.17. The van der Waals surface area contributed by atoms with Crippen LogP contribution in [0.1, 0.15) is 64.0 Å². The Bertz CT molecular complexity index is 1150. The van der Waals surface area contributed by atoms with Gasteiger partial charge in [0.15, 0.2) is 0 Å². The Morgan fingerprint density at radius 3 is 2.59 bits per heavy atom. The number of aryl methyl sites for hydroxylation is 1. The predicted octanol–water partition coefficient (Wildman–Crippen LogP) is 6.68. The van der Waals surface area contributed by atoms with Gasteiger partial charge in [-0.2, -0.15) is 0 Å². The largest absolute Gasteiger partial charge is 0.327 e. The summed E-state index contributed by atoms with van der Waals surface area (Å²) >= 11 is 5.20. The third-order valence-electron chi connectivity index (χ3n) is 6.59. The van der Waals surface area contributed by atoms with Gasteiger partial charge in [0.25, 0.3) is 5.91 Å². The Balaban J connectivity index is 1.62. The van der Waals surface area contributed by atoms with Crippen molar-refractivity contribution in [2.24, 2.45) is 0 Å². The number of halogens is 1. The quantitative estimate of drug-likeness (QED) is 0.427. The Labute approximate surface area is 200 Å². The summed E-state index contributed by atoms with van der Waals surface area (Å²) in [6, 6.07) is 17.5. The molecule has 0 saturated heterocycles. The fraction of sp³-hybridized carbons (Fsp3) is 0.308. The maximum Gasteiger partial charge on any atom is 0.254 e. The average molecular weight is 509 g/mol. The first-order valence-corrected chi connectivity index (χ1v) is 12.7. The van der Waals surface area contributed by atoms with E-state index < -0.39 is 5.92 Å². The van der Waals surface area contributed by atoms with Gasteiger partial charge in [0.2, 0.25) is 5.91 Å². The molecule has 1 aliphatic carbocycles. The van der Waals surface area contributed by atoms with Gasteiger partial charge in [-0.05, 0) is 76.5 Å². The zero-order chi connectivity index (χ0) is 22.2. The van der Waals surface area contributed by atoms with Crippen molar-refractivity contribution in [1.82, 2.24) is 4.90 Å². The van der Waals surface area contributed by atoms with Crippen LogP contribution in [-0.4, -0.2) is 22.8 Å². The van der Waals surface area contributed by atoms with Gasteiger partial charge < -0.3 is 10.2 Å². The molecule has 32 heavy (non-hydrogen) atoms. The van der Waals surface area contributed by atoms with Gasteiger partial charge in [0, 0.05) is 21.0 Å². The van der Waals surface area contributed by atoms with Crippen molar-refractivity contribution in [2.75, 3.05) is 5.32 Å². The fourth-order valence-corrected chi connectivity index (χ4v) is 6.56. The number of carbonyl (C=O) groups is 2. The lowest BCUT2D eigenvalue weighted by atomic mass is 9.80. The molecule has 3 aromatic rings. The zero-order valence-corrected chi connectivity index (χ0v) is 20.3. The number of thiophene rings is 1. The number of rotatable bonds is 4. The molecule has 0 radical (unpaired) electrons. The number of fused-ring (bicyclic) bond motifs is 1. The minimum absolute atomic E-state index is 0.0477. The van der Waals surface area contributed by atoms with E-state index in [9.17, 15) is 9.59 Å². The number of hydrogen-bond donors (Lipinski definition) is 1. The molecular weight excluding hydrogens is 484 g/mol. The molecule has 1 aromatic heterocycles. The van der Waals surface area contributed by atoms with E-state index in [-0.39, 0.29) is 23.9 Å². The molecule has 4 nitrogen and oxygen atoms in total. The molecule has 2 atom stereocenters. The van der Waals surface area contributed by atoms with Crippen molar-refractivity contribution in [1.29, 1.82) is 0 Å². The molecule has 2 heterocycles. The van der Waals surface area contributed by atoms with E-state index in [2.05, 4.69) is 27.3 Å². The summed E-state index contributed by atoms with van der Waals surface area (Å²) in [7, 11) is 0. The fourth-order valence-electron chi connectivity index (χ4n) is 5.11. The number of carbonyl (C=O) groups excluding carboxylic acids is 2. The van der Waals surface area contributed by atoms with Gasteiger partial charge in [-0.3, -0.25) is 9.59 Å². The Morgan fingerprint density at radius 1 is 1.09 bits per heavy atom.